The summed E-state index contributed by atoms with van der Waals surface area (Å²) in [5, 5.41) is 10.6. The fourth-order valence-electron chi connectivity index (χ4n) is 2.33. The Morgan fingerprint density at radius 3 is 2.72 bits per heavy atom. The molecule has 2 heterocycles. The van der Waals surface area contributed by atoms with Crippen molar-refractivity contribution in [3.63, 3.8) is 0 Å². The fourth-order valence-corrected chi connectivity index (χ4v) is 2.33. The summed E-state index contributed by atoms with van der Waals surface area (Å²) in [5.74, 6) is 3.03. The fraction of sp³-hybridized carbons (Fsp3) is 0.588. The van der Waals surface area contributed by atoms with E-state index in [-0.39, 0.29) is 24.0 Å². The lowest BCUT2D eigenvalue weighted by Gasteiger charge is -2.11. The molecule has 0 saturated heterocycles. The summed E-state index contributed by atoms with van der Waals surface area (Å²) in [7, 11) is 1.77. The van der Waals surface area contributed by atoms with Crippen LogP contribution in [-0.4, -0.2) is 34.3 Å². The van der Waals surface area contributed by atoms with Gasteiger partial charge in [0.2, 0.25) is 0 Å². The van der Waals surface area contributed by atoms with Crippen molar-refractivity contribution in [3.05, 3.63) is 35.7 Å². The van der Waals surface area contributed by atoms with Crippen molar-refractivity contribution in [2.75, 3.05) is 13.6 Å². The predicted molar refractivity (Wildman–Crippen MR) is 110 cm³/mol. The highest BCUT2D eigenvalue weighted by Gasteiger charge is 2.08. The number of rotatable bonds is 8. The van der Waals surface area contributed by atoms with Crippen LogP contribution in [0.4, 0.5) is 0 Å². The van der Waals surface area contributed by atoms with Crippen molar-refractivity contribution in [2.24, 2.45) is 4.99 Å². The normalized spacial score (nSPS) is 11.5. The molecule has 0 unspecified atom stereocenters. The van der Waals surface area contributed by atoms with Gasteiger partial charge in [-0.15, -0.1) is 24.0 Å². The Morgan fingerprint density at radius 2 is 2.12 bits per heavy atom. The van der Waals surface area contributed by atoms with Crippen LogP contribution in [0.5, 0.6) is 0 Å². The maximum Gasteiger partial charge on any atom is 0.191 e. The second-order valence-corrected chi connectivity index (χ2v) is 6.10. The molecule has 0 spiro atoms. The third-order valence-corrected chi connectivity index (χ3v) is 3.86. The molecule has 2 aromatic rings. The molecule has 8 heteroatoms. The second kappa shape index (κ2) is 11.1. The Kier molecular flexibility index (Phi) is 9.54. The Morgan fingerprint density at radius 1 is 1.32 bits per heavy atom. The van der Waals surface area contributed by atoms with Gasteiger partial charge in [0, 0.05) is 38.6 Å². The highest BCUT2D eigenvalue weighted by Crippen LogP contribution is 2.13. The van der Waals surface area contributed by atoms with Gasteiger partial charge >= 0.3 is 0 Å². The summed E-state index contributed by atoms with van der Waals surface area (Å²) >= 11 is 0. The molecule has 2 aromatic heterocycles. The summed E-state index contributed by atoms with van der Waals surface area (Å²) in [5.41, 5.74) is 0.976. The van der Waals surface area contributed by atoms with E-state index in [1.54, 1.807) is 7.05 Å². The van der Waals surface area contributed by atoms with Gasteiger partial charge in [-0.05, 0) is 25.7 Å². The average molecular weight is 460 g/mol. The van der Waals surface area contributed by atoms with Crippen LogP contribution < -0.4 is 10.6 Å². The van der Waals surface area contributed by atoms with Gasteiger partial charge in [-0.2, -0.15) is 0 Å². The van der Waals surface area contributed by atoms with Gasteiger partial charge < -0.3 is 19.7 Å². The number of hydrogen-bond acceptors (Lipinski definition) is 4. The number of nitrogens with one attached hydrogen (secondary N) is 2. The average Bonchev–Trinajstić information content (AvgIpc) is 3.19. The van der Waals surface area contributed by atoms with E-state index in [1.807, 2.05) is 25.4 Å². The van der Waals surface area contributed by atoms with Crippen LogP contribution in [0.15, 0.2) is 28.0 Å². The van der Waals surface area contributed by atoms with E-state index < -0.39 is 0 Å². The van der Waals surface area contributed by atoms with Gasteiger partial charge in [0.1, 0.15) is 5.82 Å². The van der Waals surface area contributed by atoms with Gasteiger partial charge in [0.15, 0.2) is 11.7 Å². The molecule has 2 N–H and O–H groups in total. The van der Waals surface area contributed by atoms with Crippen molar-refractivity contribution in [3.8, 4) is 0 Å². The first-order valence-corrected chi connectivity index (χ1v) is 8.48. The van der Waals surface area contributed by atoms with Crippen LogP contribution in [0.3, 0.4) is 0 Å². The molecular weight excluding hydrogens is 431 g/mol. The zero-order valence-electron chi connectivity index (χ0n) is 15.5. The highest BCUT2D eigenvalue weighted by atomic mass is 127. The Bertz CT molecular complexity index is 649. The van der Waals surface area contributed by atoms with E-state index in [0.717, 1.165) is 49.2 Å². The van der Waals surface area contributed by atoms with E-state index in [0.29, 0.717) is 12.5 Å². The van der Waals surface area contributed by atoms with E-state index >= 15 is 0 Å². The number of nitrogens with zero attached hydrogens (tertiary/aromatic N) is 4. The first-order valence-electron chi connectivity index (χ1n) is 8.48. The number of unbranched alkanes of at least 4 members (excludes halogenated alkanes) is 1. The topological polar surface area (TPSA) is 80.3 Å². The summed E-state index contributed by atoms with van der Waals surface area (Å²) in [6.45, 7) is 8.67. The molecule has 0 atom stereocenters. The molecule has 140 valence electrons. The van der Waals surface area contributed by atoms with Crippen molar-refractivity contribution < 1.29 is 4.52 Å². The van der Waals surface area contributed by atoms with Crippen LogP contribution >= 0.6 is 24.0 Å². The van der Waals surface area contributed by atoms with E-state index in [1.165, 1.54) is 0 Å². The van der Waals surface area contributed by atoms with Crippen LogP contribution in [0.25, 0.3) is 0 Å². The molecule has 0 bridgehead atoms. The third kappa shape index (κ3) is 7.05. The van der Waals surface area contributed by atoms with Crippen molar-refractivity contribution in [1.82, 2.24) is 25.3 Å². The van der Waals surface area contributed by atoms with Gasteiger partial charge in [0.25, 0.3) is 0 Å². The molecule has 0 fully saturated rings. The second-order valence-electron chi connectivity index (χ2n) is 6.10. The van der Waals surface area contributed by atoms with E-state index in [4.69, 9.17) is 4.52 Å². The Labute approximate surface area is 166 Å². The molecule has 0 aliphatic heterocycles. The number of halogens is 1. The lowest BCUT2D eigenvalue weighted by atomic mass is 10.1. The van der Waals surface area contributed by atoms with Crippen LogP contribution in [-0.2, 0) is 13.1 Å². The molecule has 0 radical (unpaired) electrons. The van der Waals surface area contributed by atoms with Crippen molar-refractivity contribution in [2.45, 2.75) is 52.6 Å². The Hall–Kier alpha value is -1.58. The van der Waals surface area contributed by atoms with Crippen LogP contribution in [0.2, 0.25) is 0 Å². The van der Waals surface area contributed by atoms with E-state index in [2.05, 4.69) is 44.2 Å². The third-order valence-electron chi connectivity index (χ3n) is 3.86. The summed E-state index contributed by atoms with van der Waals surface area (Å²) in [4.78, 5) is 8.45. The molecule has 2 rings (SSSR count). The summed E-state index contributed by atoms with van der Waals surface area (Å²) < 4.78 is 7.48. The first kappa shape index (κ1) is 21.5. The molecule has 7 nitrogen and oxygen atoms in total. The number of aromatic nitrogens is 3. The molecule has 0 aliphatic rings. The standard InChI is InChI=1S/C17H28N6O.HI/c1-13(2)16-11-15(24-22-16)12-21-17(18-4)20-7-5-6-9-23-10-8-19-14(23)3;/h8,10-11,13H,5-7,9,12H2,1-4H3,(H2,18,20,21);1H. The van der Waals surface area contributed by atoms with Gasteiger partial charge in [-0.25, -0.2) is 4.98 Å². The highest BCUT2D eigenvalue weighted by molar-refractivity contribution is 14.0. The minimum absolute atomic E-state index is 0. The molecule has 0 saturated carbocycles. The number of aliphatic imine (C=N–C) groups is 1. The predicted octanol–water partition coefficient (Wildman–Crippen LogP) is 3.07. The molecule has 0 aromatic carbocycles. The van der Waals surface area contributed by atoms with Gasteiger partial charge in [0.05, 0.1) is 12.2 Å². The summed E-state index contributed by atoms with van der Waals surface area (Å²) in [6.07, 6.45) is 6.03. The number of aryl methyl sites for hydroxylation is 2. The quantitative estimate of drug-likeness (QED) is 0.274. The zero-order chi connectivity index (χ0) is 17.4. The Balaban J connectivity index is 0.00000312. The molecule has 25 heavy (non-hydrogen) atoms. The van der Waals surface area contributed by atoms with Crippen LogP contribution in [0.1, 0.15) is 49.9 Å². The molecular formula is C17H29IN6O. The van der Waals surface area contributed by atoms with E-state index in [9.17, 15) is 0 Å². The minimum Gasteiger partial charge on any atom is -0.359 e. The summed E-state index contributed by atoms with van der Waals surface area (Å²) in [6, 6.07) is 1.98. The lowest BCUT2D eigenvalue weighted by molar-refractivity contribution is 0.372. The van der Waals surface area contributed by atoms with Crippen molar-refractivity contribution in [1.29, 1.82) is 0 Å². The van der Waals surface area contributed by atoms with Crippen molar-refractivity contribution >= 4 is 29.9 Å². The largest absolute Gasteiger partial charge is 0.359 e. The molecule has 0 amide bonds. The number of imidazole rings is 1. The molecule has 0 aliphatic carbocycles. The monoisotopic (exact) mass is 460 g/mol. The zero-order valence-corrected chi connectivity index (χ0v) is 17.8. The maximum absolute atomic E-state index is 5.31. The SMILES string of the molecule is CN=C(NCCCCn1ccnc1C)NCc1cc(C(C)C)no1.I. The lowest BCUT2D eigenvalue weighted by Crippen LogP contribution is -2.37. The van der Waals surface area contributed by atoms with Gasteiger partial charge in [-0.3, -0.25) is 4.99 Å². The minimum atomic E-state index is 0. The number of guanidine groups is 1. The maximum atomic E-state index is 5.31. The number of hydrogen-bond donors (Lipinski definition) is 2. The van der Waals surface area contributed by atoms with Gasteiger partial charge in [-0.1, -0.05) is 19.0 Å². The van der Waals surface area contributed by atoms with Crippen LogP contribution in [0, 0.1) is 6.92 Å². The smallest absolute Gasteiger partial charge is 0.191 e. The first-order chi connectivity index (χ1) is 11.6.